The molecule has 0 aromatic rings. The Morgan fingerprint density at radius 2 is 2.50 bits per heavy atom. The number of hydrogen-bond acceptors (Lipinski definition) is 1. The minimum atomic E-state index is 0.794. The zero-order valence-corrected chi connectivity index (χ0v) is 5.23. The molecule has 0 aliphatic rings. The van der Waals surface area contributed by atoms with E-state index in [1.807, 2.05) is 13.8 Å². The second kappa shape index (κ2) is 4.30. The van der Waals surface area contributed by atoms with Gasteiger partial charge in [-0.1, -0.05) is 0 Å². The van der Waals surface area contributed by atoms with Crippen LogP contribution in [0.25, 0.3) is 0 Å². The van der Waals surface area contributed by atoms with Crippen LogP contribution in [-0.4, -0.2) is 18.7 Å². The summed E-state index contributed by atoms with van der Waals surface area (Å²) in [7, 11) is 0. The molecule has 0 unspecified atom stereocenters. The highest BCUT2D eigenvalue weighted by molar-refractivity contribution is 5.85. The van der Waals surface area contributed by atoms with Crippen LogP contribution < -0.4 is 5.32 Å². The van der Waals surface area contributed by atoms with Gasteiger partial charge in [-0.3, -0.25) is 5.41 Å². The third-order valence-corrected chi connectivity index (χ3v) is 0.691. The second-order valence-corrected chi connectivity index (χ2v) is 1.37. The number of amidine groups is 1. The smallest absolute Gasteiger partial charge is 0.109 e. The number of rotatable bonds is 2. The van der Waals surface area contributed by atoms with Crippen LogP contribution in [0.5, 0.6) is 0 Å². The van der Waals surface area contributed by atoms with Gasteiger partial charge in [-0.15, -0.1) is 0 Å². The van der Waals surface area contributed by atoms with Gasteiger partial charge < -0.3 is 5.32 Å². The third-order valence-electron chi connectivity index (χ3n) is 0.691. The van der Waals surface area contributed by atoms with Gasteiger partial charge in [0.25, 0.3) is 0 Å². The Morgan fingerprint density at radius 1 is 1.88 bits per heavy atom. The van der Waals surface area contributed by atoms with Gasteiger partial charge in [-0.05, 0) is 13.8 Å². The highest BCUT2D eigenvalue weighted by Crippen LogP contribution is 1.65. The van der Waals surface area contributed by atoms with Gasteiger partial charge in [0.1, 0.15) is 12.2 Å². The normalized spacial score (nSPS) is 11.0. The van der Waals surface area contributed by atoms with Crippen LogP contribution in [0, 0.1) is 5.41 Å². The Kier molecular flexibility index (Phi) is 3.84. The highest BCUT2D eigenvalue weighted by atomic mass is 15.0. The standard InChI is InChI=1S/C5H11N3/c1-3-7-5(2)8-4-6/h4H,3H2,1-2H3,(H2,6,7,8). The van der Waals surface area contributed by atoms with Crippen molar-refractivity contribution in [1.82, 2.24) is 5.32 Å². The Hall–Kier alpha value is -0.860. The van der Waals surface area contributed by atoms with Crippen LogP contribution in [0.3, 0.4) is 0 Å². The van der Waals surface area contributed by atoms with E-state index in [4.69, 9.17) is 5.41 Å². The zero-order chi connectivity index (χ0) is 6.41. The monoisotopic (exact) mass is 113 g/mol. The maximum Gasteiger partial charge on any atom is 0.109 e. The fourth-order valence-electron chi connectivity index (χ4n) is 0.398. The summed E-state index contributed by atoms with van der Waals surface area (Å²) in [4.78, 5) is 3.66. The van der Waals surface area contributed by atoms with Gasteiger partial charge in [0.2, 0.25) is 0 Å². The number of aliphatic imine (C=N–C) groups is 1. The van der Waals surface area contributed by atoms with Gasteiger partial charge >= 0.3 is 0 Å². The van der Waals surface area contributed by atoms with E-state index < -0.39 is 0 Å². The second-order valence-electron chi connectivity index (χ2n) is 1.37. The Labute approximate surface area is 49.3 Å². The van der Waals surface area contributed by atoms with E-state index in [9.17, 15) is 0 Å². The van der Waals surface area contributed by atoms with Crippen LogP contribution in [-0.2, 0) is 0 Å². The molecule has 0 spiro atoms. The van der Waals surface area contributed by atoms with Crippen LogP contribution in [0.1, 0.15) is 13.8 Å². The lowest BCUT2D eigenvalue weighted by molar-refractivity contribution is 0.962. The molecule has 0 aliphatic carbocycles. The molecule has 0 fully saturated rings. The van der Waals surface area contributed by atoms with Crippen molar-refractivity contribution in [2.45, 2.75) is 13.8 Å². The Bertz CT molecular complexity index is 95.8. The lowest BCUT2D eigenvalue weighted by Crippen LogP contribution is -2.19. The molecule has 0 saturated heterocycles. The fourth-order valence-corrected chi connectivity index (χ4v) is 0.398. The van der Waals surface area contributed by atoms with Crippen LogP contribution in [0.4, 0.5) is 0 Å². The first kappa shape index (κ1) is 7.14. The molecule has 0 bridgehead atoms. The quantitative estimate of drug-likeness (QED) is 0.400. The van der Waals surface area contributed by atoms with E-state index in [2.05, 4.69) is 10.3 Å². The maximum absolute atomic E-state index is 6.56. The van der Waals surface area contributed by atoms with Crippen molar-refractivity contribution in [1.29, 1.82) is 5.41 Å². The van der Waals surface area contributed by atoms with E-state index in [0.717, 1.165) is 18.7 Å². The van der Waals surface area contributed by atoms with E-state index in [-0.39, 0.29) is 0 Å². The average molecular weight is 113 g/mol. The molecule has 0 saturated carbocycles. The van der Waals surface area contributed by atoms with E-state index in [1.54, 1.807) is 0 Å². The first-order chi connectivity index (χ1) is 3.81. The third kappa shape index (κ3) is 3.33. The summed E-state index contributed by atoms with van der Waals surface area (Å²) in [5.74, 6) is 0.794. The largest absolute Gasteiger partial charge is 0.374 e. The first-order valence-electron chi connectivity index (χ1n) is 2.58. The lowest BCUT2D eigenvalue weighted by Gasteiger charge is -1.96. The van der Waals surface area contributed by atoms with Crippen molar-refractivity contribution >= 4 is 12.2 Å². The van der Waals surface area contributed by atoms with Crippen LogP contribution in [0.2, 0.25) is 0 Å². The summed E-state index contributed by atoms with van der Waals surface area (Å²) in [6.45, 7) is 4.68. The number of nitrogens with one attached hydrogen (secondary N) is 2. The SMILES string of the molecule is CCN/C(C)=N/C=N. The topological polar surface area (TPSA) is 48.2 Å². The molecule has 8 heavy (non-hydrogen) atoms. The van der Waals surface area contributed by atoms with Gasteiger partial charge in [-0.2, -0.15) is 0 Å². The Balaban J connectivity index is 3.44. The summed E-state index contributed by atoms with van der Waals surface area (Å²) in [5, 5.41) is 9.50. The number of hydrogen-bond donors (Lipinski definition) is 2. The Morgan fingerprint density at radius 3 is 2.88 bits per heavy atom. The molecular weight excluding hydrogens is 102 g/mol. The summed E-state index contributed by atoms with van der Waals surface area (Å²) >= 11 is 0. The molecular formula is C5H11N3. The molecule has 2 N–H and O–H groups in total. The summed E-state index contributed by atoms with van der Waals surface area (Å²) in [6, 6.07) is 0. The molecule has 0 heterocycles. The van der Waals surface area contributed by atoms with Gasteiger partial charge in [-0.25, -0.2) is 4.99 Å². The maximum atomic E-state index is 6.56. The summed E-state index contributed by atoms with van der Waals surface area (Å²) in [6.07, 6.45) is 1.03. The van der Waals surface area contributed by atoms with Crippen LogP contribution >= 0.6 is 0 Å². The minimum absolute atomic E-state index is 0.794. The van der Waals surface area contributed by atoms with E-state index in [1.165, 1.54) is 0 Å². The minimum Gasteiger partial charge on any atom is -0.374 e. The lowest BCUT2D eigenvalue weighted by atomic mass is 10.6. The van der Waals surface area contributed by atoms with Crippen LogP contribution in [0.15, 0.2) is 4.99 Å². The van der Waals surface area contributed by atoms with Crippen molar-refractivity contribution < 1.29 is 0 Å². The molecule has 0 radical (unpaired) electrons. The van der Waals surface area contributed by atoms with Crippen molar-refractivity contribution in [3.05, 3.63) is 0 Å². The van der Waals surface area contributed by atoms with Crippen molar-refractivity contribution in [2.24, 2.45) is 4.99 Å². The molecule has 0 aliphatic heterocycles. The average Bonchev–Trinajstić information content (AvgIpc) is 1.68. The predicted molar refractivity (Wildman–Crippen MR) is 35.6 cm³/mol. The van der Waals surface area contributed by atoms with Gasteiger partial charge in [0.15, 0.2) is 0 Å². The van der Waals surface area contributed by atoms with Crippen molar-refractivity contribution in [3.63, 3.8) is 0 Å². The van der Waals surface area contributed by atoms with Gasteiger partial charge in [0, 0.05) is 6.54 Å². The summed E-state index contributed by atoms with van der Waals surface area (Å²) < 4.78 is 0. The molecule has 3 heteroatoms. The predicted octanol–water partition coefficient (Wildman–Crippen LogP) is 0.621. The molecule has 46 valence electrons. The highest BCUT2D eigenvalue weighted by Gasteiger charge is 1.79. The van der Waals surface area contributed by atoms with E-state index >= 15 is 0 Å². The first-order valence-corrected chi connectivity index (χ1v) is 2.58. The van der Waals surface area contributed by atoms with Crippen molar-refractivity contribution in [3.8, 4) is 0 Å². The molecule has 0 aromatic carbocycles. The van der Waals surface area contributed by atoms with E-state index in [0.29, 0.717) is 0 Å². The van der Waals surface area contributed by atoms with Crippen molar-refractivity contribution in [2.75, 3.05) is 6.54 Å². The fraction of sp³-hybridized carbons (Fsp3) is 0.600. The molecule has 0 amide bonds. The molecule has 3 nitrogen and oxygen atoms in total. The number of nitrogens with zero attached hydrogens (tertiary/aromatic N) is 1. The molecule has 0 atom stereocenters. The van der Waals surface area contributed by atoms with Gasteiger partial charge in [0.05, 0.1) is 0 Å². The molecule has 0 aromatic heterocycles. The molecule has 0 rings (SSSR count). The summed E-state index contributed by atoms with van der Waals surface area (Å²) in [5.41, 5.74) is 0. The zero-order valence-electron chi connectivity index (χ0n) is 5.23.